The van der Waals surface area contributed by atoms with E-state index in [4.69, 9.17) is 0 Å². The molecule has 4 heteroatoms. The van der Waals surface area contributed by atoms with Gasteiger partial charge in [0.25, 0.3) is 0 Å². The van der Waals surface area contributed by atoms with Gasteiger partial charge < -0.3 is 0 Å². The van der Waals surface area contributed by atoms with E-state index in [0.717, 1.165) is 0 Å². The highest BCUT2D eigenvalue weighted by Crippen LogP contribution is 1.87. The van der Waals surface area contributed by atoms with Gasteiger partial charge in [-0.25, -0.2) is 0 Å². The van der Waals surface area contributed by atoms with Gasteiger partial charge in [0.1, 0.15) is 11.4 Å². The van der Waals surface area contributed by atoms with Crippen molar-refractivity contribution in [1.29, 1.82) is 0 Å². The van der Waals surface area contributed by atoms with Crippen LogP contribution >= 0.6 is 0 Å². The molecule has 0 amide bonds. The third-order valence-corrected chi connectivity index (χ3v) is 1.56. The number of H-pyrrole nitrogens is 1. The fourth-order valence-electron chi connectivity index (χ4n) is 0.893. The molecular formula is C7H11N3O. The van der Waals surface area contributed by atoms with Gasteiger partial charge >= 0.3 is 0 Å². The Kier molecular flexibility index (Phi) is 2.36. The lowest BCUT2D eigenvalue weighted by molar-refractivity contribution is 0.758. The van der Waals surface area contributed by atoms with E-state index in [0.29, 0.717) is 24.2 Å². The van der Waals surface area contributed by atoms with Crippen molar-refractivity contribution in [2.24, 2.45) is 0 Å². The molecule has 4 nitrogen and oxygen atoms in total. The SMILES string of the molecule is CCc1n[nH]nc(CC)c1=O. The minimum absolute atomic E-state index is 0.0197. The summed E-state index contributed by atoms with van der Waals surface area (Å²) in [5.74, 6) is 0. The van der Waals surface area contributed by atoms with E-state index in [9.17, 15) is 4.79 Å². The Hall–Kier alpha value is -1.19. The van der Waals surface area contributed by atoms with Gasteiger partial charge in [0, 0.05) is 0 Å². The first-order valence-electron chi connectivity index (χ1n) is 3.72. The van der Waals surface area contributed by atoms with Crippen LogP contribution in [0.3, 0.4) is 0 Å². The number of hydrogen-bond acceptors (Lipinski definition) is 3. The topological polar surface area (TPSA) is 58.6 Å². The average Bonchev–Trinajstić information content (AvgIpc) is 2.05. The summed E-state index contributed by atoms with van der Waals surface area (Å²) in [6.07, 6.45) is 1.32. The van der Waals surface area contributed by atoms with Crippen LogP contribution in [0.1, 0.15) is 25.2 Å². The molecule has 0 aliphatic rings. The van der Waals surface area contributed by atoms with Gasteiger partial charge in [-0.15, -0.1) is 0 Å². The molecule has 0 saturated heterocycles. The van der Waals surface area contributed by atoms with Crippen LogP contribution in [0.4, 0.5) is 0 Å². The average molecular weight is 153 g/mol. The van der Waals surface area contributed by atoms with E-state index in [2.05, 4.69) is 15.4 Å². The van der Waals surface area contributed by atoms with Gasteiger partial charge in [-0.05, 0) is 12.8 Å². The first-order valence-corrected chi connectivity index (χ1v) is 3.72. The van der Waals surface area contributed by atoms with Crippen molar-refractivity contribution in [1.82, 2.24) is 15.4 Å². The molecular weight excluding hydrogens is 142 g/mol. The first-order chi connectivity index (χ1) is 5.29. The Morgan fingerprint density at radius 3 is 2.00 bits per heavy atom. The van der Waals surface area contributed by atoms with E-state index < -0.39 is 0 Å². The van der Waals surface area contributed by atoms with Gasteiger partial charge in [0.05, 0.1) is 0 Å². The lowest BCUT2D eigenvalue weighted by atomic mass is 10.2. The second-order valence-electron chi connectivity index (χ2n) is 2.25. The Balaban J connectivity index is 3.21. The van der Waals surface area contributed by atoms with Crippen molar-refractivity contribution in [3.8, 4) is 0 Å². The molecule has 0 aromatic carbocycles. The maximum Gasteiger partial charge on any atom is 0.225 e. The summed E-state index contributed by atoms with van der Waals surface area (Å²) < 4.78 is 0. The second-order valence-corrected chi connectivity index (χ2v) is 2.25. The minimum atomic E-state index is -0.0197. The molecule has 0 aliphatic heterocycles. The molecule has 11 heavy (non-hydrogen) atoms. The van der Waals surface area contributed by atoms with E-state index in [1.807, 2.05) is 13.8 Å². The van der Waals surface area contributed by atoms with Gasteiger partial charge in [0.2, 0.25) is 5.43 Å². The molecule has 0 spiro atoms. The molecule has 1 aromatic rings. The lowest BCUT2D eigenvalue weighted by Crippen LogP contribution is -2.18. The number of rotatable bonds is 2. The number of nitrogens with one attached hydrogen (secondary N) is 1. The molecule has 0 fully saturated rings. The quantitative estimate of drug-likeness (QED) is 0.664. The number of nitrogens with zero attached hydrogens (tertiary/aromatic N) is 2. The highest BCUT2D eigenvalue weighted by molar-refractivity contribution is 5.06. The van der Waals surface area contributed by atoms with E-state index in [-0.39, 0.29) is 5.43 Å². The third-order valence-electron chi connectivity index (χ3n) is 1.56. The Morgan fingerprint density at radius 2 is 1.64 bits per heavy atom. The summed E-state index contributed by atoms with van der Waals surface area (Å²) in [6.45, 7) is 3.80. The predicted octanol–water partition coefficient (Wildman–Crippen LogP) is 0.290. The maximum absolute atomic E-state index is 11.3. The van der Waals surface area contributed by atoms with E-state index in [1.54, 1.807) is 0 Å². The summed E-state index contributed by atoms with van der Waals surface area (Å²) in [4.78, 5) is 11.3. The van der Waals surface area contributed by atoms with Crippen molar-refractivity contribution in [2.45, 2.75) is 26.7 Å². The largest absolute Gasteiger partial charge is 0.286 e. The van der Waals surface area contributed by atoms with Crippen LogP contribution in [-0.2, 0) is 12.8 Å². The van der Waals surface area contributed by atoms with E-state index >= 15 is 0 Å². The zero-order chi connectivity index (χ0) is 8.27. The van der Waals surface area contributed by atoms with Crippen molar-refractivity contribution >= 4 is 0 Å². The van der Waals surface area contributed by atoms with Crippen LogP contribution in [-0.4, -0.2) is 15.4 Å². The van der Waals surface area contributed by atoms with Crippen molar-refractivity contribution in [3.05, 3.63) is 21.6 Å². The van der Waals surface area contributed by atoms with Crippen LogP contribution in [0.5, 0.6) is 0 Å². The third kappa shape index (κ3) is 1.45. The normalized spacial score (nSPS) is 10.0. The number of hydrogen-bond donors (Lipinski definition) is 1. The minimum Gasteiger partial charge on any atom is -0.286 e. The van der Waals surface area contributed by atoms with Crippen molar-refractivity contribution in [3.63, 3.8) is 0 Å². The molecule has 1 rings (SSSR count). The van der Waals surface area contributed by atoms with E-state index in [1.165, 1.54) is 0 Å². The monoisotopic (exact) mass is 153 g/mol. The fraction of sp³-hybridized carbons (Fsp3) is 0.571. The van der Waals surface area contributed by atoms with Crippen LogP contribution in [0.25, 0.3) is 0 Å². The van der Waals surface area contributed by atoms with Crippen LogP contribution in [0, 0.1) is 0 Å². The summed E-state index contributed by atoms with van der Waals surface area (Å²) in [7, 11) is 0. The number of aromatic amines is 1. The van der Waals surface area contributed by atoms with Crippen LogP contribution in [0.2, 0.25) is 0 Å². The molecule has 0 saturated carbocycles. The number of aromatic nitrogens is 3. The summed E-state index contributed by atoms with van der Waals surface area (Å²) in [5.41, 5.74) is 1.11. The van der Waals surface area contributed by atoms with Gasteiger partial charge in [0.15, 0.2) is 0 Å². The van der Waals surface area contributed by atoms with Crippen LogP contribution in [0.15, 0.2) is 4.79 Å². The summed E-state index contributed by atoms with van der Waals surface area (Å²) in [5, 5.41) is 9.99. The Bertz CT molecular complexity index is 267. The van der Waals surface area contributed by atoms with Gasteiger partial charge in [-0.3, -0.25) is 4.79 Å². The predicted molar refractivity (Wildman–Crippen MR) is 41.4 cm³/mol. The van der Waals surface area contributed by atoms with Gasteiger partial charge in [-0.1, -0.05) is 13.8 Å². The zero-order valence-electron chi connectivity index (χ0n) is 6.72. The molecule has 1 heterocycles. The standard InChI is InChI=1S/C7H11N3O/c1-3-5-7(11)6(4-2)9-10-8-5/h3-4H2,1-2H3,(H,10,11). The smallest absolute Gasteiger partial charge is 0.225 e. The molecule has 0 atom stereocenters. The molecule has 0 bridgehead atoms. The Morgan fingerprint density at radius 1 is 1.18 bits per heavy atom. The summed E-state index contributed by atoms with van der Waals surface area (Å²) >= 11 is 0. The highest BCUT2D eigenvalue weighted by atomic mass is 16.1. The number of aryl methyl sites for hydroxylation is 2. The first kappa shape index (κ1) is 7.91. The molecule has 1 aromatic heterocycles. The molecule has 60 valence electrons. The van der Waals surface area contributed by atoms with Gasteiger partial charge in [-0.2, -0.15) is 15.4 Å². The molecule has 0 unspecified atom stereocenters. The van der Waals surface area contributed by atoms with Crippen LogP contribution < -0.4 is 5.43 Å². The second kappa shape index (κ2) is 3.27. The zero-order valence-corrected chi connectivity index (χ0v) is 6.72. The lowest BCUT2D eigenvalue weighted by Gasteiger charge is -1.95. The Labute approximate surface area is 64.6 Å². The molecule has 0 radical (unpaired) electrons. The fourth-order valence-corrected chi connectivity index (χ4v) is 0.893. The molecule has 0 aliphatic carbocycles. The molecule has 1 N–H and O–H groups in total. The maximum atomic E-state index is 11.3. The van der Waals surface area contributed by atoms with Crippen molar-refractivity contribution < 1.29 is 0 Å². The van der Waals surface area contributed by atoms with Crippen molar-refractivity contribution in [2.75, 3.05) is 0 Å². The highest BCUT2D eigenvalue weighted by Gasteiger charge is 2.03. The summed E-state index contributed by atoms with van der Waals surface area (Å²) in [6, 6.07) is 0.